The van der Waals surface area contributed by atoms with Crippen molar-refractivity contribution in [2.24, 2.45) is 11.7 Å². The highest BCUT2D eigenvalue weighted by atomic mass is 19.4. The molecule has 1 aliphatic heterocycles. The number of carbonyl (C=O) groups excluding carboxylic acids is 2. The molecule has 8 nitrogen and oxygen atoms in total. The number of carbonyl (C=O) groups is 2. The first kappa shape index (κ1) is 25.3. The van der Waals surface area contributed by atoms with Crippen LogP contribution in [-0.2, 0) is 9.53 Å². The topological polar surface area (TPSA) is 116 Å². The molecular formula is C21H21F5N4O4. The van der Waals surface area contributed by atoms with E-state index in [0.29, 0.717) is 0 Å². The van der Waals surface area contributed by atoms with Crippen LogP contribution in [0, 0.1) is 5.92 Å². The molecule has 2 aromatic rings. The summed E-state index contributed by atoms with van der Waals surface area (Å²) in [5.74, 6) is -4.79. The lowest BCUT2D eigenvalue weighted by molar-refractivity contribution is -0.272. The highest BCUT2D eigenvalue weighted by Crippen LogP contribution is 2.54. The van der Waals surface area contributed by atoms with Crippen LogP contribution in [-0.4, -0.2) is 46.8 Å². The lowest BCUT2D eigenvalue weighted by atomic mass is 9.77. The summed E-state index contributed by atoms with van der Waals surface area (Å²) in [7, 11) is 1.13. The maximum Gasteiger partial charge on any atom is 0.417 e. The number of anilines is 1. The van der Waals surface area contributed by atoms with Crippen molar-refractivity contribution in [3.8, 4) is 5.88 Å². The molecule has 0 radical (unpaired) electrons. The average molecular weight is 488 g/mol. The number of hydrogen-bond donors (Lipinski definition) is 2. The quantitative estimate of drug-likeness (QED) is 0.601. The van der Waals surface area contributed by atoms with E-state index in [0.717, 1.165) is 32.2 Å². The largest absolute Gasteiger partial charge is 0.481 e. The monoisotopic (exact) mass is 488 g/mol. The van der Waals surface area contributed by atoms with Crippen LogP contribution in [0.2, 0.25) is 0 Å². The molecule has 3 rings (SSSR count). The molecule has 0 saturated carbocycles. The van der Waals surface area contributed by atoms with Crippen LogP contribution in [0.1, 0.15) is 47.9 Å². The van der Waals surface area contributed by atoms with E-state index in [1.807, 2.05) is 0 Å². The molecule has 1 fully saturated rings. The first-order valence-corrected chi connectivity index (χ1v) is 9.94. The Morgan fingerprint density at radius 1 is 1.26 bits per heavy atom. The lowest BCUT2D eigenvalue weighted by Crippen LogP contribution is -2.47. The van der Waals surface area contributed by atoms with Crippen LogP contribution < -0.4 is 15.8 Å². The van der Waals surface area contributed by atoms with E-state index in [2.05, 4.69) is 15.3 Å². The fourth-order valence-corrected chi connectivity index (χ4v) is 3.88. The molecule has 4 atom stereocenters. The maximum atomic E-state index is 14.0. The van der Waals surface area contributed by atoms with Crippen LogP contribution in [0.3, 0.4) is 0 Å². The van der Waals surface area contributed by atoms with Gasteiger partial charge in [0.25, 0.3) is 18.2 Å². The van der Waals surface area contributed by atoms with Crippen molar-refractivity contribution in [2.45, 2.75) is 44.1 Å². The zero-order valence-corrected chi connectivity index (χ0v) is 18.2. The highest BCUT2D eigenvalue weighted by molar-refractivity contribution is 5.97. The van der Waals surface area contributed by atoms with E-state index >= 15 is 0 Å². The number of ether oxygens (including phenoxy) is 2. The van der Waals surface area contributed by atoms with Gasteiger partial charge in [-0.15, -0.1) is 0 Å². The number of nitrogens with zero attached hydrogens (tertiary/aromatic N) is 2. The third-order valence-corrected chi connectivity index (χ3v) is 5.89. The molecule has 0 spiro atoms. The summed E-state index contributed by atoms with van der Waals surface area (Å²) in [6.07, 6.45) is -8.33. The molecule has 3 N–H and O–H groups in total. The van der Waals surface area contributed by atoms with Crippen molar-refractivity contribution in [3.63, 3.8) is 0 Å². The summed E-state index contributed by atoms with van der Waals surface area (Å²) in [6.45, 7) is 2.05. The van der Waals surface area contributed by atoms with E-state index in [-0.39, 0.29) is 22.8 Å². The van der Waals surface area contributed by atoms with Gasteiger partial charge < -0.3 is 20.5 Å². The normalized spacial score (nSPS) is 24.8. The fourth-order valence-electron chi connectivity index (χ4n) is 3.88. The number of pyridine rings is 2. The van der Waals surface area contributed by atoms with Crippen LogP contribution >= 0.6 is 0 Å². The molecule has 3 heterocycles. The van der Waals surface area contributed by atoms with Gasteiger partial charge in [0.2, 0.25) is 5.88 Å². The number of rotatable bonds is 6. The van der Waals surface area contributed by atoms with Crippen molar-refractivity contribution in [2.75, 3.05) is 12.4 Å². The molecule has 34 heavy (non-hydrogen) atoms. The summed E-state index contributed by atoms with van der Waals surface area (Å²) in [4.78, 5) is 31.8. The maximum absolute atomic E-state index is 14.0. The smallest absolute Gasteiger partial charge is 0.417 e. The third kappa shape index (κ3) is 4.52. The molecule has 1 saturated heterocycles. The second-order valence-electron chi connectivity index (χ2n) is 7.88. The Morgan fingerprint density at radius 2 is 1.94 bits per heavy atom. The Balaban J connectivity index is 2.05. The Hall–Kier alpha value is -3.35. The summed E-state index contributed by atoms with van der Waals surface area (Å²) in [5.41, 5.74) is 1.65. The number of primary amides is 1. The minimum absolute atomic E-state index is 0.0000725. The summed E-state index contributed by atoms with van der Waals surface area (Å²) < 4.78 is 78.5. The molecule has 184 valence electrons. The Labute approximate surface area is 190 Å². The van der Waals surface area contributed by atoms with Gasteiger partial charge in [0.15, 0.2) is 5.60 Å². The first-order valence-electron chi connectivity index (χ1n) is 9.94. The predicted molar refractivity (Wildman–Crippen MR) is 108 cm³/mol. The number of alkyl halides is 5. The molecule has 13 heteroatoms. The Bertz CT molecular complexity index is 1100. The van der Waals surface area contributed by atoms with E-state index in [4.69, 9.17) is 15.2 Å². The van der Waals surface area contributed by atoms with Crippen molar-refractivity contribution in [1.82, 2.24) is 9.97 Å². The Morgan fingerprint density at radius 3 is 2.50 bits per heavy atom. The van der Waals surface area contributed by atoms with Gasteiger partial charge in [0, 0.05) is 29.3 Å². The second kappa shape index (κ2) is 9.12. The molecule has 1 unspecified atom stereocenters. The van der Waals surface area contributed by atoms with Gasteiger partial charge in [-0.1, -0.05) is 13.0 Å². The third-order valence-electron chi connectivity index (χ3n) is 5.89. The summed E-state index contributed by atoms with van der Waals surface area (Å²) in [6, 6.07) is 4.56. The SMILES string of the molecule is COc1nc(C(F)F)ccc1[C@@H]1[C@@H](C(=O)Nc2ccnc(C(N)=O)c2)OC(C)(C(F)(F)F)[C@H]1C. The number of amides is 2. The molecule has 0 aliphatic carbocycles. The second-order valence-corrected chi connectivity index (χ2v) is 7.88. The number of nitrogens with one attached hydrogen (secondary N) is 1. The minimum Gasteiger partial charge on any atom is -0.481 e. The first-order chi connectivity index (χ1) is 15.8. The van der Waals surface area contributed by atoms with E-state index in [9.17, 15) is 31.5 Å². The van der Waals surface area contributed by atoms with Crippen LogP contribution in [0.5, 0.6) is 5.88 Å². The average Bonchev–Trinajstić information content (AvgIpc) is 3.05. The van der Waals surface area contributed by atoms with Crippen molar-refractivity contribution in [1.29, 1.82) is 0 Å². The van der Waals surface area contributed by atoms with Gasteiger partial charge in [-0.25, -0.2) is 13.8 Å². The predicted octanol–water partition coefficient (Wildman–Crippen LogP) is 3.60. The highest BCUT2D eigenvalue weighted by Gasteiger charge is 2.65. The zero-order chi connectivity index (χ0) is 25.4. The number of aromatic nitrogens is 2. The summed E-state index contributed by atoms with van der Waals surface area (Å²) in [5, 5.41) is 2.40. The number of nitrogens with two attached hydrogens (primary N) is 1. The zero-order valence-electron chi connectivity index (χ0n) is 18.2. The molecule has 0 bridgehead atoms. The van der Waals surface area contributed by atoms with E-state index < -0.39 is 53.7 Å². The standard InChI is InChI=1S/C21H21F5N4O4/c1-9-14(11-4-5-12(16(22)23)30-19(11)33-3)15(34-20(9,2)21(24,25)26)18(32)29-10-6-7-28-13(8-10)17(27)31/h4-9,14-16H,1-3H3,(H2,27,31)(H,28,29,32)/t9-,14+,15-,20?/m0/s1. The minimum atomic E-state index is -4.86. The van der Waals surface area contributed by atoms with Crippen molar-refractivity contribution in [3.05, 3.63) is 47.4 Å². The molecule has 1 aliphatic rings. The number of methoxy groups -OCH3 is 1. The van der Waals surface area contributed by atoms with Crippen LogP contribution in [0.4, 0.5) is 27.6 Å². The fraction of sp³-hybridized carbons (Fsp3) is 0.429. The number of hydrogen-bond acceptors (Lipinski definition) is 6. The summed E-state index contributed by atoms with van der Waals surface area (Å²) >= 11 is 0. The van der Waals surface area contributed by atoms with Crippen molar-refractivity contribution >= 4 is 17.5 Å². The van der Waals surface area contributed by atoms with Gasteiger partial charge in [0.1, 0.15) is 17.5 Å². The van der Waals surface area contributed by atoms with Gasteiger partial charge in [0.05, 0.1) is 7.11 Å². The van der Waals surface area contributed by atoms with Gasteiger partial charge in [-0.05, 0) is 25.1 Å². The molecular weight excluding hydrogens is 467 g/mol. The van der Waals surface area contributed by atoms with E-state index in [1.54, 1.807) is 0 Å². The number of halogens is 5. The van der Waals surface area contributed by atoms with Gasteiger partial charge in [-0.2, -0.15) is 13.2 Å². The van der Waals surface area contributed by atoms with E-state index in [1.165, 1.54) is 19.2 Å². The van der Waals surface area contributed by atoms with Gasteiger partial charge in [-0.3, -0.25) is 14.6 Å². The molecule has 2 aromatic heterocycles. The lowest BCUT2D eigenvalue weighted by Gasteiger charge is -2.31. The van der Waals surface area contributed by atoms with Crippen LogP contribution in [0.15, 0.2) is 30.5 Å². The van der Waals surface area contributed by atoms with Gasteiger partial charge >= 0.3 is 6.18 Å². The molecule has 2 amide bonds. The van der Waals surface area contributed by atoms with Crippen LogP contribution in [0.25, 0.3) is 0 Å². The molecule has 0 aromatic carbocycles. The Kier molecular flexibility index (Phi) is 6.78. The van der Waals surface area contributed by atoms with Crippen molar-refractivity contribution < 1.29 is 41.0 Å².